The lowest BCUT2D eigenvalue weighted by Gasteiger charge is -2.16. The molecule has 1 aromatic rings. The van der Waals surface area contributed by atoms with E-state index in [4.69, 9.17) is 5.11 Å². The van der Waals surface area contributed by atoms with Crippen molar-refractivity contribution >= 4 is 17.6 Å². The number of anilines is 1. The molecule has 1 unspecified atom stereocenters. The van der Waals surface area contributed by atoms with Crippen molar-refractivity contribution in [3.05, 3.63) is 29.6 Å². The molecule has 0 spiro atoms. The predicted molar refractivity (Wildman–Crippen MR) is 63.1 cm³/mol. The molecule has 0 aromatic heterocycles. The van der Waals surface area contributed by atoms with Crippen LogP contribution in [0.25, 0.3) is 0 Å². The normalized spacial score (nSPS) is 11.7. The van der Waals surface area contributed by atoms with Gasteiger partial charge in [0.25, 0.3) is 0 Å². The quantitative estimate of drug-likeness (QED) is 0.786. The van der Waals surface area contributed by atoms with Gasteiger partial charge in [0.15, 0.2) is 0 Å². The zero-order valence-corrected chi connectivity index (χ0v) is 10.1. The number of methoxy groups -OCH3 is 1. The minimum absolute atomic E-state index is 0.353. The van der Waals surface area contributed by atoms with Gasteiger partial charge >= 0.3 is 11.9 Å². The molecule has 0 amide bonds. The van der Waals surface area contributed by atoms with E-state index in [0.717, 1.165) is 12.1 Å². The summed E-state index contributed by atoms with van der Waals surface area (Å²) in [7, 11) is 1.26. The van der Waals surface area contributed by atoms with Gasteiger partial charge in [-0.15, -0.1) is 0 Å². The lowest BCUT2D eigenvalue weighted by molar-refractivity contribution is -0.141. The van der Waals surface area contributed by atoms with Gasteiger partial charge in [-0.1, -0.05) is 6.92 Å². The molecule has 6 heteroatoms. The van der Waals surface area contributed by atoms with E-state index < -0.39 is 29.4 Å². The van der Waals surface area contributed by atoms with Crippen LogP contribution < -0.4 is 5.32 Å². The van der Waals surface area contributed by atoms with Gasteiger partial charge in [-0.2, -0.15) is 0 Å². The molecular weight excluding hydrogens is 241 g/mol. The van der Waals surface area contributed by atoms with Gasteiger partial charge in [-0.3, -0.25) is 0 Å². The van der Waals surface area contributed by atoms with Crippen LogP contribution in [0.2, 0.25) is 0 Å². The molecule has 0 fully saturated rings. The molecule has 1 aromatic carbocycles. The standard InChI is InChI=1S/C12H14FNO4/c1-3-10(12(17)18-2)14-7-4-5-9(13)8(6-7)11(15)16/h4-6,10,14H,3H2,1-2H3,(H,15,16). The summed E-state index contributed by atoms with van der Waals surface area (Å²) >= 11 is 0. The molecule has 1 rings (SSSR count). The number of carboxylic acid groups (broad SMARTS) is 1. The van der Waals surface area contributed by atoms with E-state index in [9.17, 15) is 14.0 Å². The summed E-state index contributed by atoms with van der Waals surface area (Å²) in [5, 5.41) is 11.6. The van der Waals surface area contributed by atoms with Crippen LogP contribution in [0.3, 0.4) is 0 Å². The first-order valence-electron chi connectivity index (χ1n) is 5.36. The number of esters is 1. The molecular formula is C12H14FNO4. The van der Waals surface area contributed by atoms with E-state index in [1.807, 2.05) is 0 Å². The Morgan fingerprint density at radius 1 is 1.50 bits per heavy atom. The van der Waals surface area contributed by atoms with E-state index in [1.54, 1.807) is 6.92 Å². The van der Waals surface area contributed by atoms with Crippen LogP contribution in [0.5, 0.6) is 0 Å². The predicted octanol–water partition coefficient (Wildman–Crippen LogP) is 1.89. The summed E-state index contributed by atoms with van der Waals surface area (Å²) in [5.74, 6) is -2.64. The lowest BCUT2D eigenvalue weighted by Crippen LogP contribution is -2.29. The average molecular weight is 255 g/mol. The van der Waals surface area contributed by atoms with Gasteiger partial charge in [-0.25, -0.2) is 14.0 Å². The van der Waals surface area contributed by atoms with Gasteiger partial charge in [0.05, 0.1) is 12.7 Å². The number of aromatic carboxylic acids is 1. The second-order valence-corrected chi connectivity index (χ2v) is 3.63. The van der Waals surface area contributed by atoms with Crippen molar-refractivity contribution in [1.29, 1.82) is 0 Å². The van der Waals surface area contributed by atoms with Gasteiger partial charge in [0.2, 0.25) is 0 Å². The van der Waals surface area contributed by atoms with Crippen LogP contribution in [0, 0.1) is 5.82 Å². The van der Waals surface area contributed by atoms with Crippen molar-refractivity contribution in [3.63, 3.8) is 0 Å². The van der Waals surface area contributed by atoms with Crippen molar-refractivity contribution in [2.24, 2.45) is 0 Å². The Hall–Kier alpha value is -2.11. The highest BCUT2D eigenvalue weighted by atomic mass is 19.1. The first-order valence-corrected chi connectivity index (χ1v) is 5.36. The number of benzene rings is 1. The number of hydrogen-bond acceptors (Lipinski definition) is 4. The number of hydrogen-bond donors (Lipinski definition) is 2. The number of carbonyl (C=O) groups is 2. The van der Waals surface area contributed by atoms with E-state index in [0.29, 0.717) is 12.1 Å². The fraction of sp³-hybridized carbons (Fsp3) is 0.333. The molecule has 2 N–H and O–H groups in total. The molecule has 98 valence electrons. The second-order valence-electron chi connectivity index (χ2n) is 3.63. The third-order valence-corrected chi connectivity index (χ3v) is 2.43. The van der Waals surface area contributed by atoms with E-state index in [2.05, 4.69) is 10.1 Å². The van der Waals surface area contributed by atoms with Crippen LogP contribution in [-0.4, -0.2) is 30.2 Å². The number of nitrogens with one attached hydrogen (secondary N) is 1. The summed E-state index contributed by atoms with van der Waals surface area (Å²) in [5.41, 5.74) is -0.0919. The maximum absolute atomic E-state index is 13.2. The number of carboxylic acids is 1. The number of carbonyl (C=O) groups excluding carboxylic acids is 1. The summed E-state index contributed by atoms with van der Waals surface area (Å²) < 4.78 is 17.7. The Balaban J connectivity index is 2.94. The molecule has 0 heterocycles. The van der Waals surface area contributed by atoms with Crippen LogP contribution >= 0.6 is 0 Å². The topological polar surface area (TPSA) is 75.6 Å². The van der Waals surface area contributed by atoms with Crippen molar-refractivity contribution in [1.82, 2.24) is 0 Å². The average Bonchev–Trinajstić information content (AvgIpc) is 2.36. The number of halogens is 1. The van der Waals surface area contributed by atoms with Gasteiger partial charge in [0, 0.05) is 5.69 Å². The minimum atomic E-state index is -1.36. The van der Waals surface area contributed by atoms with Gasteiger partial charge in [-0.05, 0) is 24.6 Å². The largest absolute Gasteiger partial charge is 0.478 e. The highest BCUT2D eigenvalue weighted by Crippen LogP contribution is 2.16. The molecule has 18 heavy (non-hydrogen) atoms. The van der Waals surface area contributed by atoms with Crippen LogP contribution in [-0.2, 0) is 9.53 Å². The highest BCUT2D eigenvalue weighted by molar-refractivity contribution is 5.89. The Morgan fingerprint density at radius 3 is 2.67 bits per heavy atom. The Labute approximate surface area is 104 Å². The molecule has 0 bridgehead atoms. The Kier molecular flexibility index (Phi) is 4.65. The monoisotopic (exact) mass is 255 g/mol. The van der Waals surface area contributed by atoms with Gasteiger partial charge in [0.1, 0.15) is 11.9 Å². The maximum atomic E-state index is 13.2. The third-order valence-electron chi connectivity index (χ3n) is 2.43. The second kappa shape index (κ2) is 6.00. The molecule has 0 saturated carbocycles. The van der Waals surface area contributed by atoms with Crippen molar-refractivity contribution in [3.8, 4) is 0 Å². The summed E-state index contributed by atoms with van der Waals surface area (Å²) in [6.07, 6.45) is 0.465. The first-order chi connectivity index (χ1) is 8.49. The zero-order valence-electron chi connectivity index (χ0n) is 10.1. The Bertz CT molecular complexity index is 461. The fourth-order valence-electron chi connectivity index (χ4n) is 1.45. The summed E-state index contributed by atoms with van der Waals surface area (Å²) in [4.78, 5) is 22.1. The molecule has 0 saturated heterocycles. The molecule has 0 aliphatic carbocycles. The summed E-state index contributed by atoms with van der Waals surface area (Å²) in [6, 6.07) is 2.95. The first kappa shape index (κ1) is 14.0. The highest BCUT2D eigenvalue weighted by Gasteiger charge is 2.18. The molecule has 1 atom stereocenters. The van der Waals surface area contributed by atoms with E-state index in [-0.39, 0.29) is 0 Å². The maximum Gasteiger partial charge on any atom is 0.338 e. The molecule has 0 aliphatic heterocycles. The van der Waals surface area contributed by atoms with Gasteiger partial charge < -0.3 is 15.2 Å². The van der Waals surface area contributed by atoms with Crippen LogP contribution in [0.1, 0.15) is 23.7 Å². The Morgan fingerprint density at radius 2 is 2.17 bits per heavy atom. The van der Waals surface area contributed by atoms with E-state index in [1.165, 1.54) is 13.2 Å². The van der Waals surface area contributed by atoms with Crippen molar-refractivity contribution in [2.75, 3.05) is 12.4 Å². The van der Waals surface area contributed by atoms with Crippen LogP contribution in [0.4, 0.5) is 10.1 Å². The smallest absolute Gasteiger partial charge is 0.338 e. The number of rotatable bonds is 5. The third kappa shape index (κ3) is 3.19. The zero-order chi connectivity index (χ0) is 13.7. The molecule has 0 aliphatic rings. The molecule has 0 radical (unpaired) electrons. The van der Waals surface area contributed by atoms with Crippen molar-refractivity contribution in [2.45, 2.75) is 19.4 Å². The number of ether oxygens (including phenoxy) is 1. The summed E-state index contributed by atoms with van der Waals surface area (Å²) in [6.45, 7) is 1.77. The minimum Gasteiger partial charge on any atom is -0.478 e. The van der Waals surface area contributed by atoms with Crippen LogP contribution in [0.15, 0.2) is 18.2 Å². The fourth-order valence-corrected chi connectivity index (χ4v) is 1.45. The lowest BCUT2D eigenvalue weighted by atomic mass is 10.1. The molecule has 5 nitrogen and oxygen atoms in total. The van der Waals surface area contributed by atoms with Crippen molar-refractivity contribution < 1.29 is 23.8 Å². The van der Waals surface area contributed by atoms with E-state index >= 15 is 0 Å². The SMILES string of the molecule is CCC(Nc1ccc(F)c(C(=O)O)c1)C(=O)OC.